The zero-order chi connectivity index (χ0) is 12.5. The van der Waals surface area contributed by atoms with Gasteiger partial charge in [-0.2, -0.15) is 0 Å². The highest BCUT2D eigenvalue weighted by Gasteiger charge is 2.07. The Morgan fingerprint density at radius 2 is 1.82 bits per heavy atom. The average molecular weight is 235 g/mol. The summed E-state index contributed by atoms with van der Waals surface area (Å²) in [7, 11) is 1.93. The molecule has 17 heavy (non-hydrogen) atoms. The molecule has 2 heteroatoms. The molecule has 1 unspecified atom stereocenters. The zero-order valence-corrected chi connectivity index (χ0v) is 11.3. The molecule has 0 amide bonds. The first kappa shape index (κ1) is 13.9. The molecule has 1 aromatic rings. The summed E-state index contributed by atoms with van der Waals surface area (Å²) in [6.07, 6.45) is 6.45. The standard InChI is InChI=1S/C15H25NO/c1-4-6-7-8-14(5-2)17-15-11-9-13(16-3)10-12-15/h9-12,14,16H,4-8H2,1-3H3. The van der Waals surface area contributed by atoms with Crippen molar-refractivity contribution in [2.75, 3.05) is 12.4 Å². The van der Waals surface area contributed by atoms with E-state index in [0.717, 1.165) is 24.3 Å². The predicted molar refractivity (Wildman–Crippen MR) is 74.8 cm³/mol. The molecule has 0 aliphatic heterocycles. The SMILES string of the molecule is CCCCCC(CC)Oc1ccc(NC)cc1. The maximum absolute atomic E-state index is 5.98. The van der Waals surface area contributed by atoms with Crippen molar-refractivity contribution in [2.24, 2.45) is 0 Å². The molecule has 0 spiro atoms. The van der Waals surface area contributed by atoms with Gasteiger partial charge in [0.1, 0.15) is 5.75 Å². The van der Waals surface area contributed by atoms with E-state index < -0.39 is 0 Å². The van der Waals surface area contributed by atoms with E-state index >= 15 is 0 Å². The molecule has 1 atom stereocenters. The van der Waals surface area contributed by atoms with Gasteiger partial charge in [-0.3, -0.25) is 0 Å². The molecule has 96 valence electrons. The van der Waals surface area contributed by atoms with Crippen molar-refractivity contribution >= 4 is 5.69 Å². The lowest BCUT2D eigenvalue weighted by atomic mass is 10.1. The first-order chi connectivity index (χ1) is 8.30. The Labute approximate surface area is 105 Å². The van der Waals surface area contributed by atoms with Crippen molar-refractivity contribution in [2.45, 2.75) is 52.1 Å². The van der Waals surface area contributed by atoms with Crippen LogP contribution in [0.3, 0.4) is 0 Å². The Bertz CT molecular complexity index is 294. The number of nitrogens with one attached hydrogen (secondary N) is 1. The predicted octanol–water partition coefficient (Wildman–Crippen LogP) is 4.47. The van der Waals surface area contributed by atoms with Crippen molar-refractivity contribution in [1.82, 2.24) is 0 Å². The molecule has 0 saturated heterocycles. The van der Waals surface area contributed by atoms with E-state index in [1.54, 1.807) is 0 Å². The van der Waals surface area contributed by atoms with Gasteiger partial charge in [-0.05, 0) is 43.5 Å². The summed E-state index contributed by atoms with van der Waals surface area (Å²) in [5.41, 5.74) is 1.12. The molecule has 0 aliphatic rings. The van der Waals surface area contributed by atoms with Crippen LogP contribution in [0.25, 0.3) is 0 Å². The van der Waals surface area contributed by atoms with Crippen LogP contribution >= 0.6 is 0 Å². The Hall–Kier alpha value is -1.18. The molecule has 2 nitrogen and oxygen atoms in total. The monoisotopic (exact) mass is 235 g/mol. The molecule has 0 bridgehead atoms. The second-order valence-corrected chi connectivity index (χ2v) is 4.42. The number of hydrogen-bond donors (Lipinski definition) is 1. The lowest BCUT2D eigenvalue weighted by Crippen LogP contribution is -2.15. The van der Waals surface area contributed by atoms with E-state index in [-0.39, 0.29) is 0 Å². The van der Waals surface area contributed by atoms with Crippen LogP contribution in [-0.2, 0) is 0 Å². The molecule has 0 aliphatic carbocycles. The smallest absolute Gasteiger partial charge is 0.119 e. The fourth-order valence-electron chi connectivity index (χ4n) is 1.86. The number of benzene rings is 1. The van der Waals surface area contributed by atoms with Crippen LogP contribution in [0.5, 0.6) is 5.75 Å². The normalized spacial score (nSPS) is 12.2. The van der Waals surface area contributed by atoms with Crippen LogP contribution in [0.1, 0.15) is 46.0 Å². The second kappa shape index (κ2) is 7.99. The third-order valence-electron chi connectivity index (χ3n) is 3.03. The van der Waals surface area contributed by atoms with Crippen molar-refractivity contribution < 1.29 is 4.74 Å². The summed E-state index contributed by atoms with van der Waals surface area (Å²) in [5.74, 6) is 0.979. The highest BCUT2D eigenvalue weighted by Crippen LogP contribution is 2.19. The Balaban J connectivity index is 2.43. The Kier molecular flexibility index (Phi) is 6.53. The van der Waals surface area contributed by atoms with Gasteiger partial charge in [-0.25, -0.2) is 0 Å². The van der Waals surface area contributed by atoms with Gasteiger partial charge in [0.25, 0.3) is 0 Å². The van der Waals surface area contributed by atoms with Crippen LogP contribution in [0.4, 0.5) is 5.69 Å². The van der Waals surface area contributed by atoms with E-state index in [9.17, 15) is 0 Å². The largest absolute Gasteiger partial charge is 0.490 e. The van der Waals surface area contributed by atoms with Gasteiger partial charge >= 0.3 is 0 Å². The molecule has 1 N–H and O–H groups in total. The van der Waals surface area contributed by atoms with Crippen molar-refractivity contribution in [3.8, 4) is 5.75 Å². The summed E-state index contributed by atoms with van der Waals surface area (Å²) >= 11 is 0. The highest BCUT2D eigenvalue weighted by atomic mass is 16.5. The minimum atomic E-state index is 0.363. The average Bonchev–Trinajstić information content (AvgIpc) is 2.38. The third-order valence-corrected chi connectivity index (χ3v) is 3.03. The number of anilines is 1. The summed E-state index contributed by atoms with van der Waals surface area (Å²) in [6.45, 7) is 4.43. The van der Waals surface area contributed by atoms with Crippen molar-refractivity contribution in [3.05, 3.63) is 24.3 Å². The lowest BCUT2D eigenvalue weighted by Gasteiger charge is -2.17. The number of rotatable bonds is 8. The first-order valence-electron chi connectivity index (χ1n) is 6.74. The first-order valence-corrected chi connectivity index (χ1v) is 6.74. The Morgan fingerprint density at radius 3 is 2.35 bits per heavy atom. The van der Waals surface area contributed by atoms with Gasteiger partial charge in [-0.15, -0.1) is 0 Å². The molecular formula is C15H25NO. The fraction of sp³-hybridized carbons (Fsp3) is 0.600. The second-order valence-electron chi connectivity index (χ2n) is 4.42. The third kappa shape index (κ3) is 5.12. The number of ether oxygens (including phenoxy) is 1. The molecule has 0 fully saturated rings. The maximum atomic E-state index is 5.98. The van der Waals surface area contributed by atoms with Gasteiger partial charge in [0.05, 0.1) is 6.10 Å². The molecule has 0 saturated carbocycles. The van der Waals surface area contributed by atoms with E-state index in [0.29, 0.717) is 6.10 Å². The van der Waals surface area contributed by atoms with Crippen molar-refractivity contribution in [1.29, 1.82) is 0 Å². The summed E-state index contributed by atoms with van der Waals surface area (Å²) in [5, 5.41) is 3.11. The van der Waals surface area contributed by atoms with Gasteiger partial charge in [-0.1, -0.05) is 26.7 Å². The fourth-order valence-corrected chi connectivity index (χ4v) is 1.86. The minimum absolute atomic E-state index is 0.363. The van der Waals surface area contributed by atoms with Crippen LogP contribution in [0.15, 0.2) is 24.3 Å². The van der Waals surface area contributed by atoms with Gasteiger partial charge in [0, 0.05) is 12.7 Å². The maximum Gasteiger partial charge on any atom is 0.119 e. The van der Waals surface area contributed by atoms with Crippen LogP contribution in [0, 0.1) is 0 Å². The lowest BCUT2D eigenvalue weighted by molar-refractivity contribution is 0.183. The summed E-state index contributed by atoms with van der Waals surface area (Å²) < 4.78 is 5.98. The quantitative estimate of drug-likeness (QED) is 0.671. The summed E-state index contributed by atoms with van der Waals surface area (Å²) in [6, 6.07) is 8.17. The van der Waals surface area contributed by atoms with Crippen LogP contribution in [-0.4, -0.2) is 13.2 Å². The van der Waals surface area contributed by atoms with E-state index in [4.69, 9.17) is 4.74 Å². The van der Waals surface area contributed by atoms with Crippen LogP contribution in [0.2, 0.25) is 0 Å². The minimum Gasteiger partial charge on any atom is -0.490 e. The highest BCUT2D eigenvalue weighted by molar-refractivity contribution is 5.45. The van der Waals surface area contributed by atoms with E-state index in [1.165, 1.54) is 19.3 Å². The van der Waals surface area contributed by atoms with Crippen molar-refractivity contribution in [3.63, 3.8) is 0 Å². The molecule has 0 heterocycles. The molecule has 1 aromatic carbocycles. The van der Waals surface area contributed by atoms with E-state index in [2.05, 4.69) is 19.2 Å². The molecule has 1 rings (SSSR count). The Morgan fingerprint density at radius 1 is 1.12 bits per heavy atom. The molecular weight excluding hydrogens is 210 g/mol. The van der Waals surface area contributed by atoms with Gasteiger partial charge < -0.3 is 10.1 Å². The zero-order valence-electron chi connectivity index (χ0n) is 11.3. The molecule has 0 aromatic heterocycles. The van der Waals surface area contributed by atoms with Crippen LogP contribution < -0.4 is 10.1 Å². The summed E-state index contributed by atoms with van der Waals surface area (Å²) in [4.78, 5) is 0. The van der Waals surface area contributed by atoms with E-state index in [1.807, 2.05) is 31.3 Å². The van der Waals surface area contributed by atoms with Gasteiger partial charge in [0.2, 0.25) is 0 Å². The number of unbranched alkanes of at least 4 members (excludes halogenated alkanes) is 2. The number of hydrogen-bond acceptors (Lipinski definition) is 2. The molecule has 0 radical (unpaired) electrons. The topological polar surface area (TPSA) is 21.3 Å². The van der Waals surface area contributed by atoms with Gasteiger partial charge in [0.15, 0.2) is 0 Å².